The molecule has 4 nitrogen and oxygen atoms in total. The Morgan fingerprint density at radius 2 is 2.12 bits per heavy atom. The first-order valence-corrected chi connectivity index (χ1v) is 6.12. The molecule has 1 heterocycles. The average Bonchev–Trinajstić information content (AvgIpc) is 2.56. The van der Waals surface area contributed by atoms with E-state index in [1.807, 2.05) is 24.3 Å². The monoisotopic (exact) mass is 342 g/mol. The third kappa shape index (κ3) is 2.33. The van der Waals surface area contributed by atoms with Crippen LogP contribution in [0.5, 0.6) is 11.6 Å². The zero-order valence-electron chi connectivity index (χ0n) is 9.48. The largest absolute Gasteiger partial charge is 0.437 e. The third-order valence-electron chi connectivity index (χ3n) is 2.38. The van der Waals surface area contributed by atoms with Crippen LogP contribution in [0.1, 0.15) is 16.1 Å². The van der Waals surface area contributed by atoms with E-state index in [-0.39, 0.29) is 0 Å². The number of nitrogens with zero attached hydrogens (tertiary/aromatic N) is 2. The fourth-order valence-electron chi connectivity index (χ4n) is 1.54. The Labute approximate surface area is 113 Å². The van der Waals surface area contributed by atoms with E-state index in [1.54, 1.807) is 18.7 Å². The molecule has 1 aromatic carbocycles. The minimum atomic E-state index is 0.474. The van der Waals surface area contributed by atoms with Crippen LogP contribution < -0.4 is 4.74 Å². The van der Waals surface area contributed by atoms with Gasteiger partial charge in [0.25, 0.3) is 0 Å². The van der Waals surface area contributed by atoms with Crippen molar-refractivity contribution in [3.63, 3.8) is 0 Å². The summed E-state index contributed by atoms with van der Waals surface area (Å²) in [6, 6.07) is 7.63. The van der Waals surface area contributed by atoms with E-state index >= 15 is 0 Å². The van der Waals surface area contributed by atoms with Crippen LogP contribution in [0, 0.1) is 10.5 Å². The highest BCUT2D eigenvalue weighted by Gasteiger charge is 2.15. The number of aromatic nitrogens is 2. The molecule has 0 saturated heterocycles. The summed E-state index contributed by atoms with van der Waals surface area (Å²) in [6.07, 6.45) is 0.771. The minimum Gasteiger partial charge on any atom is -0.437 e. The van der Waals surface area contributed by atoms with Gasteiger partial charge in [0, 0.05) is 7.05 Å². The Kier molecular flexibility index (Phi) is 3.46. The maximum Gasteiger partial charge on any atom is 0.228 e. The molecule has 0 aliphatic carbocycles. The van der Waals surface area contributed by atoms with Gasteiger partial charge in [0.1, 0.15) is 5.75 Å². The zero-order chi connectivity index (χ0) is 12.4. The second-order valence-electron chi connectivity index (χ2n) is 3.58. The van der Waals surface area contributed by atoms with E-state index in [9.17, 15) is 4.79 Å². The topological polar surface area (TPSA) is 44.1 Å². The molecule has 2 rings (SSSR count). The molecule has 0 aliphatic rings. The number of hydrogen-bond donors (Lipinski definition) is 0. The van der Waals surface area contributed by atoms with Crippen molar-refractivity contribution in [2.45, 2.75) is 6.92 Å². The first kappa shape index (κ1) is 12.1. The van der Waals surface area contributed by atoms with Crippen LogP contribution in [0.15, 0.2) is 24.3 Å². The highest BCUT2D eigenvalue weighted by Crippen LogP contribution is 2.29. The van der Waals surface area contributed by atoms with E-state index < -0.39 is 0 Å². The highest BCUT2D eigenvalue weighted by atomic mass is 127. The highest BCUT2D eigenvalue weighted by molar-refractivity contribution is 14.1. The normalized spacial score (nSPS) is 10.3. The SMILES string of the molecule is Cc1nn(C)c(Oc2ccccc2I)c1C=O. The average molecular weight is 342 g/mol. The van der Waals surface area contributed by atoms with Crippen molar-refractivity contribution >= 4 is 28.9 Å². The summed E-state index contributed by atoms with van der Waals surface area (Å²) in [5.41, 5.74) is 1.16. The number of para-hydroxylation sites is 1. The van der Waals surface area contributed by atoms with Gasteiger partial charge >= 0.3 is 0 Å². The Morgan fingerprint density at radius 3 is 2.76 bits per heavy atom. The van der Waals surface area contributed by atoms with Crippen LogP contribution in [0.2, 0.25) is 0 Å². The van der Waals surface area contributed by atoms with E-state index in [2.05, 4.69) is 27.7 Å². The molecule has 17 heavy (non-hydrogen) atoms. The molecule has 0 fully saturated rings. The van der Waals surface area contributed by atoms with Gasteiger partial charge in [-0.05, 0) is 41.6 Å². The van der Waals surface area contributed by atoms with Gasteiger partial charge in [-0.2, -0.15) is 5.10 Å². The summed E-state index contributed by atoms with van der Waals surface area (Å²) in [6.45, 7) is 1.78. The van der Waals surface area contributed by atoms with E-state index in [0.29, 0.717) is 17.1 Å². The fraction of sp³-hybridized carbons (Fsp3) is 0.167. The quantitative estimate of drug-likeness (QED) is 0.636. The van der Waals surface area contributed by atoms with Crippen LogP contribution >= 0.6 is 22.6 Å². The molecular weight excluding hydrogens is 331 g/mol. The molecule has 1 aromatic heterocycles. The summed E-state index contributed by atoms with van der Waals surface area (Å²) in [4.78, 5) is 11.0. The van der Waals surface area contributed by atoms with Crippen LogP contribution in [0.4, 0.5) is 0 Å². The molecule has 0 atom stereocenters. The zero-order valence-corrected chi connectivity index (χ0v) is 11.6. The maximum atomic E-state index is 11.0. The van der Waals surface area contributed by atoms with E-state index in [4.69, 9.17) is 4.74 Å². The number of carbonyl (C=O) groups is 1. The van der Waals surface area contributed by atoms with Gasteiger partial charge < -0.3 is 4.74 Å². The molecule has 0 saturated carbocycles. The van der Waals surface area contributed by atoms with Crippen molar-refractivity contribution < 1.29 is 9.53 Å². The Bertz CT molecular complexity index is 564. The Balaban J connectivity index is 2.43. The molecule has 0 amide bonds. The minimum absolute atomic E-state index is 0.474. The predicted molar refractivity (Wildman–Crippen MR) is 72.6 cm³/mol. The molecule has 5 heteroatoms. The molecule has 0 bridgehead atoms. The van der Waals surface area contributed by atoms with Gasteiger partial charge in [0.15, 0.2) is 6.29 Å². The van der Waals surface area contributed by atoms with Crippen molar-refractivity contribution in [1.82, 2.24) is 9.78 Å². The second-order valence-corrected chi connectivity index (χ2v) is 4.74. The van der Waals surface area contributed by atoms with E-state index in [0.717, 1.165) is 15.6 Å². The Morgan fingerprint density at radius 1 is 1.41 bits per heavy atom. The van der Waals surface area contributed by atoms with Crippen molar-refractivity contribution in [2.75, 3.05) is 0 Å². The van der Waals surface area contributed by atoms with Gasteiger partial charge in [-0.25, -0.2) is 4.68 Å². The fourth-order valence-corrected chi connectivity index (χ4v) is 2.04. The van der Waals surface area contributed by atoms with Crippen LogP contribution in [-0.4, -0.2) is 16.1 Å². The number of benzene rings is 1. The molecule has 2 aromatic rings. The first-order valence-electron chi connectivity index (χ1n) is 5.04. The summed E-state index contributed by atoms with van der Waals surface area (Å²) in [5, 5.41) is 4.17. The van der Waals surface area contributed by atoms with Crippen molar-refractivity contribution in [3.8, 4) is 11.6 Å². The summed E-state index contributed by atoms with van der Waals surface area (Å²) >= 11 is 2.19. The van der Waals surface area contributed by atoms with Crippen LogP contribution in [-0.2, 0) is 7.05 Å². The van der Waals surface area contributed by atoms with Gasteiger partial charge in [0.05, 0.1) is 14.8 Å². The number of halogens is 1. The smallest absolute Gasteiger partial charge is 0.228 e. The van der Waals surface area contributed by atoms with Crippen molar-refractivity contribution in [2.24, 2.45) is 7.05 Å². The molecule has 0 radical (unpaired) electrons. The third-order valence-corrected chi connectivity index (χ3v) is 3.27. The van der Waals surface area contributed by atoms with Crippen LogP contribution in [0.25, 0.3) is 0 Å². The summed E-state index contributed by atoms with van der Waals surface area (Å²) < 4.78 is 8.30. The van der Waals surface area contributed by atoms with Crippen molar-refractivity contribution in [3.05, 3.63) is 39.1 Å². The van der Waals surface area contributed by atoms with Gasteiger partial charge in [-0.15, -0.1) is 0 Å². The molecule has 88 valence electrons. The number of rotatable bonds is 3. The van der Waals surface area contributed by atoms with E-state index in [1.165, 1.54) is 0 Å². The van der Waals surface area contributed by atoms with Crippen LogP contribution in [0.3, 0.4) is 0 Å². The number of ether oxygens (including phenoxy) is 1. The number of hydrogen-bond acceptors (Lipinski definition) is 3. The summed E-state index contributed by atoms with van der Waals surface area (Å²) in [5.74, 6) is 1.20. The maximum absolute atomic E-state index is 11.0. The molecule has 0 unspecified atom stereocenters. The lowest BCUT2D eigenvalue weighted by Crippen LogP contribution is -1.97. The second kappa shape index (κ2) is 4.87. The lowest BCUT2D eigenvalue weighted by atomic mass is 10.3. The summed E-state index contributed by atoms with van der Waals surface area (Å²) in [7, 11) is 1.76. The number of aryl methyl sites for hydroxylation is 2. The van der Waals surface area contributed by atoms with Gasteiger partial charge in [0.2, 0.25) is 5.88 Å². The first-order chi connectivity index (χ1) is 8.13. The number of aldehydes is 1. The lowest BCUT2D eigenvalue weighted by Gasteiger charge is -2.07. The standard InChI is InChI=1S/C12H11IN2O2/c1-8-9(7-16)12(15(2)14-8)17-11-6-4-3-5-10(11)13/h3-7H,1-2H3. The molecule has 0 N–H and O–H groups in total. The predicted octanol–water partition coefficient (Wildman–Crippen LogP) is 2.94. The van der Waals surface area contributed by atoms with Gasteiger partial charge in [-0.3, -0.25) is 4.79 Å². The van der Waals surface area contributed by atoms with Crippen molar-refractivity contribution in [1.29, 1.82) is 0 Å². The Hall–Kier alpha value is -1.37. The lowest BCUT2D eigenvalue weighted by molar-refractivity contribution is 0.112. The molecule has 0 spiro atoms. The number of carbonyl (C=O) groups excluding carboxylic acids is 1. The van der Waals surface area contributed by atoms with Gasteiger partial charge in [-0.1, -0.05) is 12.1 Å². The molecular formula is C12H11IN2O2. The molecule has 0 aliphatic heterocycles.